The first-order valence-corrected chi connectivity index (χ1v) is 9.19. The van der Waals surface area contributed by atoms with Crippen molar-refractivity contribution < 1.29 is 0 Å². The highest BCUT2D eigenvalue weighted by Gasteiger charge is 2.35. The van der Waals surface area contributed by atoms with Crippen molar-refractivity contribution in [3.63, 3.8) is 0 Å². The summed E-state index contributed by atoms with van der Waals surface area (Å²) in [6.07, 6.45) is 1.08. The third-order valence-corrected chi connectivity index (χ3v) is 6.01. The minimum Gasteiger partial charge on any atom is -0.0619 e. The quantitative estimate of drug-likeness (QED) is 0.336. The minimum atomic E-state index is 0.0602. The lowest BCUT2D eigenvalue weighted by atomic mass is 9.81. The SMILES string of the molecule is CCc1ccc2ccc3cc4c(cc3c2c1)C(C)(C)c1ccccc1-4. The van der Waals surface area contributed by atoms with Crippen LogP contribution in [0.5, 0.6) is 0 Å². The minimum absolute atomic E-state index is 0.0602. The molecule has 0 saturated carbocycles. The van der Waals surface area contributed by atoms with Gasteiger partial charge in [0.2, 0.25) is 0 Å². The van der Waals surface area contributed by atoms with Crippen molar-refractivity contribution in [1.29, 1.82) is 0 Å². The Kier molecular flexibility index (Phi) is 2.92. The Bertz CT molecular complexity index is 1150. The maximum Gasteiger partial charge on any atom is 0.0159 e. The normalized spacial score (nSPS) is 14.7. The largest absolute Gasteiger partial charge is 0.0619 e. The van der Waals surface area contributed by atoms with Crippen LogP contribution < -0.4 is 0 Å². The van der Waals surface area contributed by atoms with E-state index in [-0.39, 0.29) is 5.41 Å². The molecular formula is C25H22. The van der Waals surface area contributed by atoms with E-state index in [1.807, 2.05) is 0 Å². The molecule has 4 aromatic carbocycles. The van der Waals surface area contributed by atoms with Crippen LogP contribution in [0.4, 0.5) is 0 Å². The lowest BCUT2D eigenvalue weighted by Crippen LogP contribution is -2.14. The third-order valence-electron chi connectivity index (χ3n) is 6.01. The number of benzene rings is 4. The van der Waals surface area contributed by atoms with Gasteiger partial charge < -0.3 is 0 Å². The summed E-state index contributed by atoms with van der Waals surface area (Å²) in [6.45, 7) is 6.93. The molecule has 0 heterocycles. The Morgan fingerprint density at radius 3 is 2.24 bits per heavy atom. The topological polar surface area (TPSA) is 0 Å². The Morgan fingerprint density at radius 2 is 1.40 bits per heavy atom. The highest BCUT2D eigenvalue weighted by Crippen LogP contribution is 2.50. The highest BCUT2D eigenvalue weighted by atomic mass is 14.4. The average molecular weight is 322 g/mol. The molecule has 1 aliphatic rings. The van der Waals surface area contributed by atoms with E-state index in [2.05, 4.69) is 87.5 Å². The molecule has 0 radical (unpaired) electrons. The van der Waals surface area contributed by atoms with E-state index < -0.39 is 0 Å². The molecule has 0 bridgehead atoms. The van der Waals surface area contributed by atoms with E-state index in [0.29, 0.717) is 0 Å². The number of aryl methyl sites for hydroxylation is 1. The second-order valence-electron chi connectivity index (χ2n) is 7.76. The average Bonchev–Trinajstić information content (AvgIpc) is 2.87. The smallest absolute Gasteiger partial charge is 0.0159 e. The molecule has 0 aliphatic heterocycles. The van der Waals surface area contributed by atoms with Gasteiger partial charge in [0.25, 0.3) is 0 Å². The molecule has 1 aliphatic carbocycles. The molecule has 5 rings (SSSR count). The molecule has 4 aromatic rings. The van der Waals surface area contributed by atoms with Gasteiger partial charge in [0.15, 0.2) is 0 Å². The van der Waals surface area contributed by atoms with Crippen molar-refractivity contribution in [2.75, 3.05) is 0 Å². The van der Waals surface area contributed by atoms with Gasteiger partial charge in [-0.3, -0.25) is 0 Å². The maximum absolute atomic E-state index is 2.45. The molecule has 0 fully saturated rings. The number of hydrogen-bond donors (Lipinski definition) is 0. The van der Waals surface area contributed by atoms with Gasteiger partial charge in [-0.15, -0.1) is 0 Å². The zero-order valence-electron chi connectivity index (χ0n) is 15.1. The lowest BCUT2D eigenvalue weighted by Gasteiger charge is -2.22. The predicted octanol–water partition coefficient (Wildman–Crippen LogP) is 6.86. The third kappa shape index (κ3) is 1.94. The van der Waals surface area contributed by atoms with Gasteiger partial charge >= 0.3 is 0 Å². The van der Waals surface area contributed by atoms with Crippen LogP contribution in [0.3, 0.4) is 0 Å². The first kappa shape index (κ1) is 14.7. The van der Waals surface area contributed by atoms with E-state index >= 15 is 0 Å². The molecule has 0 unspecified atom stereocenters. The van der Waals surface area contributed by atoms with Crippen LogP contribution in [0.2, 0.25) is 0 Å². The predicted molar refractivity (Wildman–Crippen MR) is 108 cm³/mol. The molecule has 25 heavy (non-hydrogen) atoms. The molecule has 122 valence electrons. The molecule has 0 N–H and O–H groups in total. The summed E-state index contributed by atoms with van der Waals surface area (Å²) in [4.78, 5) is 0. The molecule has 0 atom stereocenters. The van der Waals surface area contributed by atoms with Crippen LogP contribution >= 0.6 is 0 Å². The van der Waals surface area contributed by atoms with Crippen molar-refractivity contribution in [1.82, 2.24) is 0 Å². The first-order chi connectivity index (χ1) is 12.1. The maximum atomic E-state index is 2.45. The summed E-state index contributed by atoms with van der Waals surface area (Å²) in [6, 6.07) is 25.1. The van der Waals surface area contributed by atoms with Crippen LogP contribution in [-0.2, 0) is 11.8 Å². The van der Waals surface area contributed by atoms with Gasteiger partial charge in [0, 0.05) is 5.41 Å². The number of rotatable bonds is 1. The second kappa shape index (κ2) is 4.95. The van der Waals surface area contributed by atoms with Crippen molar-refractivity contribution in [3.8, 4) is 11.1 Å². The van der Waals surface area contributed by atoms with E-state index in [1.54, 1.807) is 0 Å². The fourth-order valence-corrected chi connectivity index (χ4v) is 4.52. The van der Waals surface area contributed by atoms with Crippen molar-refractivity contribution in [2.45, 2.75) is 32.6 Å². The Hall–Kier alpha value is -2.60. The summed E-state index contributed by atoms with van der Waals surface area (Å²) >= 11 is 0. The van der Waals surface area contributed by atoms with Crippen LogP contribution in [-0.4, -0.2) is 0 Å². The fourth-order valence-electron chi connectivity index (χ4n) is 4.52. The summed E-state index contributed by atoms with van der Waals surface area (Å²) in [5, 5.41) is 5.43. The summed E-state index contributed by atoms with van der Waals surface area (Å²) in [5.41, 5.74) is 7.16. The van der Waals surface area contributed by atoms with Gasteiger partial charge in [0.1, 0.15) is 0 Å². The van der Waals surface area contributed by atoms with Crippen molar-refractivity contribution in [3.05, 3.63) is 83.4 Å². The van der Waals surface area contributed by atoms with Crippen molar-refractivity contribution in [2.24, 2.45) is 0 Å². The number of fused-ring (bicyclic) bond motifs is 6. The number of hydrogen-bond acceptors (Lipinski definition) is 0. The molecule has 0 amide bonds. The van der Waals surface area contributed by atoms with Crippen LogP contribution in [0, 0.1) is 0 Å². The van der Waals surface area contributed by atoms with Crippen LogP contribution in [0.15, 0.2) is 66.7 Å². The molecule has 0 saturated heterocycles. The zero-order valence-corrected chi connectivity index (χ0v) is 15.1. The Balaban J connectivity index is 1.90. The Labute approximate surface area is 149 Å². The van der Waals surface area contributed by atoms with E-state index in [4.69, 9.17) is 0 Å². The molecular weight excluding hydrogens is 300 g/mol. The van der Waals surface area contributed by atoms with E-state index in [1.165, 1.54) is 49.4 Å². The van der Waals surface area contributed by atoms with Gasteiger partial charge in [-0.25, -0.2) is 0 Å². The first-order valence-electron chi connectivity index (χ1n) is 9.19. The molecule has 0 aromatic heterocycles. The van der Waals surface area contributed by atoms with Gasteiger partial charge in [-0.1, -0.05) is 75.4 Å². The van der Waals surface area contributed by atoms with E-state index in [9.17, 15) is 0 Å². The van der Waals surface area contributed by atoms with Gasteiger partial charge in [0.05, 0.1) is 0 Å². The zero-order chi connectivity index (χ0) is 17.2. The fraction of sp³-hybridized carbons (Fsp3) is 0.200. The van der Waals surface area contributed by atoms with Crippen LogP contribution in [0.25, 0.3) is 32.7 Å². The molecule has 0 spiro atoms. The highest BCUT2D eigenvalue weighted by molar-refractivity contribution is 6.10. The summed E-state index contributed by atoms with van der Waals surface area (Å²) in [5.74, 6) is 0. The van der Waals surface area contributed by atoms with Gasteiger partial charge in [-0.05, 0) is 67.9 Å². The standard InChI is InChI=1S/C25H22/c1-4-16-9-10-17-11-12-18-14-22-19-7-5-6-8-23(19)25(2,3)24(22)15-21(18)20(17)13-16/h5-15H,4H2,1-3H3. The van der Waals surface area contributed by atoms with Gasteiger partial charge in [-0.2, -0.15) is 0 Å². The molecule has 0 nitrogen and oxygen atoms in total. The monoisotopic (exact) mass is 322 g/mol. The van der Waals surface area contributed by atoms with E-state index in [0.717, 1.165) is 6.42 Å². The Morgan fingerprint density at radius 1 is 0.680 bits per heavy atom. The van der Waals surface area contributed by atoms with Crippen LogP contribution in [0.1, 0.15) is 37.5 Å². The summed E-state index contributed by atoms with van der Waals surface area (Å²) < 4.78 is 0. The van der Waals surface area contributed by atoms with Crippen molar-refractivity contribution >= 4 is 21.5 Å². The second-order valence-corrected chi connectivity index (χ2v) is 7.76. The summed E-state index contributed by atoms with van der Waals surface area (Å²) in [7, 11) is 0. The molecule has 0 heteroatoms. The lowest BCUT2D eigenvalue weighted by molar-refractivity contribution is 0.661.